The average molecular weight is 291 g/mol. The maximum Gasteiger partial charge on any atom is 0.231 e. The van der Waals surface area contributed by atoms with E-state index in [0.29, 0.717) is 12.8 Å². The Balaban J connectivity index is 1.44. The summed E-state index contributed by atoms with van der Waals surface area (Å²) in [5.41, 5.74) is 0.806. The van der Waals surface area contributed by atoms with Crippen LogP contribution in [0.15, 0.2) is 18.2 Å². The fourth-order valence-corrected chi connectivity index (χ4v) is 3.16. The molecule has 3 rings (SSSR count). The van der Waals surface area contributed by atoms with Crippen LogP contribution in [-0.2, 0) is 6.42 Å². The molecule has 0 aromatic heterocycles. The van der Waals surface area contributed by atoms with Crippen LogP contribution in [-0.4, -0.2) is 30.1 Å². The molecular weight excluding hydrogens is 266 g/mol. The molecule has 1 unspecified atom stereocenters. The van der Waals surface area contributed by atoms with E-state index in [4.69, 9.17) is 9.47 Å². The minimum absolute atomic E-state index is 0.329. The quantitative estimate of drug-likeness (QED) is 0.846. The SMILES string of the molecule is CC(CCc1ccc2c(c1)OCO2)NCC1(O)CCCC1. The number of benzene rings is 1. The lowest BCUT2D eigenvalue weighted by Gasteiger charge is -2.25. The van der Waals surface area contributed by atoms with Gasteiger partial charge in [-0.1, -0.05) is 18.9 Å². The van der Waals surface area contributed by atoms with Crippen molar-refractivity contribution in [1.29, 1.82) is 0 Å². The van der Waals surface area contributed by atoms with Crippen molar-refractivity contribution < 1.29 is 14.6 Å². The van der Waals surface area contributed by atoms with Crippen LogP contribution in [0.4, 0.5) is 0 Å². The molecule has 0 saturated heterocycles. The van der Waals surface area contributed by atoms with Crippen LogP contribution in [0.5, 0.6) is 11.5 Å². The van der Waals surface area contributed by atoms with Gasteiger partial charge in [0.2, 0.25) is 6.79 Å². The molecule has 4 heteroatoms. The van der Waals surface area contributed by atoms with Gasteiger partial charge in [0.05, 0.1) is 5.60 Å². The van der Waals surface area contributed by atoms with Crippen LogP contribution in [0.1, 0.15) is 44.6 Å². The predicted octanol–water partition coefficient (Wildman–Crippen LogP) is 2.63. The second-order valence-electron chi connectivity index (χ2n) is 6.44. The topological polar surface area (TPSA) is 50.7 Å². The first kappa shape index (κ1) is 14.7. The second-order valence-corrected chi connectivity index (χ2v) is 6.44. The molecule has 1 aromatic carbocycles. The van der Waals surface area contributed by atoms with Gasteiger partial charge in [0, 0.05) is 12.6 Å². The Morgan fingerprint density at radius 3 is 2.81 bits per heavy atom. The van der Waals surface area contributed by atoms with Crippen molar-refractivity contribution in [2.45, 2.75) is 57.1 Å². The summed E-state index contributed by atoms with van der Waals surface area (Å²) >= 11 is 0. The Kier molecular flexibility index (Phi) is 4.36. The molecule has 4 nitrogen and oxygen atoms in total. The van der Waals surface area contributed by atoms with Crippen molar-refractivity contribution in [2.24, 2.45) is 0 Å². The number of rotatable bonds is 6. The molecule has 0 amide bonds. The van der Waals surface area contributed by atoms with E-state index in [1.165, 1.54) is 5.56 Å². The van der Waals surface area contributed by atoms with Gasteiger partial charge in [-0.2, -0.15) is 0 Å². The zero-order chi connectivity index (χ0) is 14.7. The third-order valence-corrected chi connectivity index (χ3v) is 4.62. The summed E-state index contributed by atoms with van der Waals surface area (Å²) in [4.78, 5) is 0. The number of hydrogen-bond donors (Lipinski definition) is 2. The van der Waals surface area contributed by atoms with E-state index in [9.17, 15) is 5.11 Å². The van der Waals surface area contributed by atoms with Gasteiger partial charge < -0.3 is 19.9 Å². The highest BCUT2D eigenvalue weighted by molar-refractivity contribution is 5.44. The lowest BCUT2D eigenvalue weighted by molar-refractivity contribution is 0.0451. The van der Waals surface area contributed by atoms with Gasteiger partial charge in [-0.15, -0.1) is 0 Å². The summed E-state index contributed by atoms with van der Waals surface area (Å²) in [6, 6.07) is 6.56. The van der Waals surface area contributed by atoms with Crippen molar-refractivity contribution in [1.82, 2.24) is 5.32 Å². The van der Waals surface area contributed by atoms with Crippen LogP contribution >= 0.6 is 0 Å². The minimum atomic E-state index is -0.465. The Morgan fingerprint density at radius 1 is 1.24 bits per heavy atom. The van der Waals surface area contributed by atoms with Gasteiger partial charge in [-0.25, -0.2) is 0 Å². The van der Waals surface area contributed by atoms with E-state index < -0.39 is 5.60 Å². The van der Waals surface area contributed by atoms with Crippen LogP contribution in [0, 0.1) is 0 Å². The molecule has 2 N–H and O–H groups in total. The monoisotopic (exact) mass is 291 g/mol. The number of ether oxygens (including phenoxy) is 2. The molecule has 116 valence electrons. The van der Waals surface area contributed by atoms with E-state index in [2.05, 4.69) is 24.4 Å². The largest absolute Gasteiger partial charge is 0.454 e. The molecule has 1 saturated carbocycles. The summed E-state index contributed by atoms with van der Waals surface area (Å²) < 4.78 is 10.7. The highest BCUT2D eigenvalue weighted by Gasteiger charge is 2.30. The van der Waals surface area contributed by atoms with Crippen molar-refractivity contribution in [3.8, 4) is 11.5 Å². The molecule has 1 heterocycles. The molecule has 1 aromatic rings. The van der Waals surface area contributed by atoms with Crippen molar-refractivity contribution >= 4 is 0 Å². The average Bonchev–Trinajstić information content (AvgIpc) is 3.11. The Labute approximate surface area is 126 Å². The van der Waals surface area contributed by atoms with Gasteiger partial charge in [-0.05, 0) is 50.3 Å². The van der Waals surface area contributed by atoms with Gasteiger partial charge >= 0.3 is 0 Å². The molecule has 0 spiro atoms. The van der Waals surface area contributed by atoms with Crippen LogP contribution < -0.4 is 14.8 Å². The fourth-order valence-electron chi connectivity index (χ4n) is 3.16. The zero-order valence-electron chi connectivity index (χ0n) is 12.7. The van der Waals surface area contributed by atoms with E-state index in [1.54, 1.807) is 0 Å². The molecule has 21 heavy (non-hydrogen) atoms. The number of fused-ring (bicyclic) bond motifs is 1. The number of nitrogens with one attached hydrogen (secondary N) is 1. The molecule has 0 bridgehead atoms. The molecular formula is C17H25NO3. The highest BCUT2D eigenvalue weighted by atomic mass is 16.7. The fraction of sp³-hybridized carbons (Fsp3) is 0.647. The Morgan fingerprint density at radius 2 is 2.00 bits per heavy atom. The Hall–Kier alpha value is -1.26. The Bertz CT molecular complexity index is 483. The summed E-state index contributed by atoms with van der Waals surface area (Å²) in [5.74, 6) is 1.70. The highest BCUT2D eigenvalue weighted by Crippen LogP contribution is 2.33. The van der Waals surface area contributed by atoms with Crippen LogP contribution in [0.25, 0.3) is 0 Å². The first-order chi connectivity index (χ1) is 10.1. The number of aryl methyl sites for hydroxylation is 1. The summed E-state index contributed by atoms with van der Waals surface area (Å²) in [6.07, 6.45) is 6.25. The molecule has 1 aliphatic carbocycles. The minimum Gasteiger partial charge on any atom is -0.454 e. The smallest absolute Gasteiger partial charge is 0.231 e. The van der Waals surface area contributed by atoms with Gasteiger partial charge in [0.15, 0.2) is 11.5 Å². The second kappa shape index (κ2) is 6.24. The first-order valence-corrected chi connectivity index (χ1v) is 7.99. The third kappa shape index (κ3) is 3.69. The molecule has 2 aliphatic rings. The lowest BCUT2D eigenvalue weighted by Crippen LogP contribution is -2.41. The summed E-state index contributed by atoms with van der Waals surface area (Å²) in [6.45, 7) is 3.23. The zero-order valence-corrected chi connectivity index (χ0v) is 12.7. The molecule has 0 radical (unpaired) electrons. The van der Waals surface area contributed by atoms with Gasteiger partial charge in [0.1, 0.15) is 0 Å². The van der Waals surface area contributed by atoms with E-state index in [0.717, 1.165) is 56.6 Å². The van der Waals surface area contributed by atoms with E-state index in [1.807, 2.05) is 6.07 Å². The lowest BCUT2D eigenvalue weighted by atomic mass is 10.0. The number of hydrogen-bond acceptors (Lipinski definition) is 4. The maximum atomic E-state index is 10.3. The maximum absolute atomic E-state index is 10.3. The number of aliphatic hydroxyl groups is 1. The molecule has 1 aliphatic heterocycles. The molecule has 1 atom stereocenters. The van der Waals surface area contributed by atoms with Crippen molar-refractivity contribution in [2.75, 3.05) is 13.3 Å². The summed E-state index contributed by atoms with van der Waals surface area (Å²) in [5, 5.41) is 13.8. The van der Waals surface area contributed by atoms with Crippen molar-refractivity contribution in [3.05, 3.63) is 23.8 Å². The van der Waals surface area contributed by atoms with Gasteiger partial charge in [0.25, 0.3) is 0 Å². The van der Waals surface area contributed by atoms with E-state index in [-0.39, 0.29) is 0 Å². The van der Waals surface area contributed by atoms with Crippen LogP contribution in [0.3, 0.4) is 0 Å². The van der Waals surface area contributed by atoms with E-state index >= 15 is 0 Å². The van der Waals surface area contributed by atoms with Crippen molar-refractivity contribution in [3.63, 3.8) is 0 Å². The standard InChI is InChI=1S/C17H25NO3/c1-13(18-11-17(19)8-2-3-9-17)4-5-14-6-7-15-16(10-14)21-12-20-15/h6-7,10,13,18-19H,2-5,8-9,11-12H2,1H3. The van der Waals surface area contributed by atoms with Crippen LogP contribution in [0.2, 0.25) is 0 Å². The molecule has 1 fully saturated rings. The van der Waals surface area contributed by atoms with Gasteiger partial charge in [-0.3, -0.25) is 0 Å². The summed E-state index contributed by atoms with van der Waals surface area (Å²) in [7, 11) is 0. The predicted molar refractivity (Wildman–Crippen MR) is 81.8 cm³/mol. The first-order valence-electron chi connectivity index (χ1n) is 7.99. The third-order valence-electron chi connectivity index (χ3n) is 4.62. The normalized spacial score (nSPS) is 20.7.